The van der Waals surface area contributed by atoms with Crippen molar-refractivity contribution in [1.82, 2.24) is 0 Å². The van der Waals surface area contributed by atoms with Crippen LogP contribution < -0.4 is 4.74 Å². The highest BCUT2D eigenvalue weighted by atomic mass is 19.4. The summed E-state index contributed by atoms with van der Waals surface area (Å²) in [5.41, 5.74) is -2.22. The molecule has 2 unspecified atom stereocenters. The van der Waals surface area contributed by atoms with Gasteiger partial charge in [0.05, 0.1) is 12.0 Å². The maximum atomic E-state index is 14.0. The molecule has 1 aliphatic heterocycles. The van der Waals surface area contributed by atoms with Crippen LogP contribution in [0.5, 0.6) is 5.75 Å². The highest BCUT2D eigenvalue weighted by molar-refractivity contribution is 5.75. The van der Waals surface area contributed by atoms with E-state index in [1.54, 1.807) is 0 Å². The lowest BCUT2D eigenvalue weighted by atomic mass is 9.77. The van der Waals surface area contributed by atoms with Crippen molar-refractivity contribution in [2.45, 2.75) is 76.9 Å². The van der Waals surface area contributed by atoms with Crippen molar-refractivity contribution in [3.8, 4) is 5.75 Å². The number of hydrogen-bond acceptors (Lipinski definition) is 4. The van der Waals surface area contributed by atoms with Crippen LogP contribution in [-0.2, 0) is 20.4 Å². The summed E-state index contributed by atoms with van der Waals surface area (Å²) in [5.74, 6) is -5.22. The first-order chi connectivity index (χ1) is 15.9. The molecule has 2 fully saturated rings. The molecule has 0 radical (unpaired) electrons. The lowest BCUT2D eigenvalue weighted by Crippen LogP contribution is -2.35. The fraction of sp³-hybridized carbons (Fsp3) is 0.696. The normalized spacial score (nSPS) is 26.4. The van der Waals surface area contributed by atoms with Gasteiger partial charge < -0.3 is 9.47 Å². The second-order valence-corrected chi connectivity index (χ2v) is 8.96. The largest absolute Gasteiger partial charge is 0.527 e. The molecular weight excluding hydrogens is 473 g/mol. The average Bonchev–Trinajstić information content (AvgIpc) is 2.72. The summed E-state index contributed by atoms with van der Waals surface area (Å²) in [6.45, 7) is 2.88. The van der Waals surface area contributed by atoms with Crippen LogP contribution >= 0.6 is 0 Å². The second-order valence-electron chi connectivity index (χ2n) is 8.96. The van der Waals surface area contributed by atoms with Gasteiger partial charge in [-0.2, -0.15) is 8.78 Å². The lowest BCUT2D eigenvalue weighted by Gasteiger charge is -2.37. The molecule has 2 aliphatic rings. The maximum absolute atomic E-state index is 14.0. The Morgan fingerprint density at radius 2 is 1.62 bits per heavy atom. The van der Waals surface area contributed by atoms with E-state index in [1.165, 1.54) is 0 Å². The predicted octanol–water partition coefficient (Wildman–Crippen LogP) is 6.86. The molecule has 0 amide bonds. The van der Waals surface area contributed by atoms with Crippen LogP contribution in [0, 0.1) is 29.4 Å². The molecule has 34 heavy (non-hydrogen) atoms. The Hall–Kier alpha value is -1.88. The smallest absolute Gasteiger partial charge is 0.426 e. The Balaban J connectivity index is 1.55. The van der Waals surface area contributed by atoms with Crippen LogP contribution in [-0.4, -0.2) is 25.0 Å². The van der Waals surface area contributed by atoms with E-state index in [0.29, 0.717) is 37.5 Å². The first-order valence-corrected chi connectivity index (χ1v) is 11.4. The van der Waals surface area contributed by atoms with E-state index < -0.39 is 47.3 Å². The van der Waals surface area contributed by atoms with Crippen molar-refractivity contribution in [3.63, 3.8) is 0 Å². The van der Waals surface area contributed by atoms with Crippen molar-refractivity contribution < 1.29 is 49.7 Å². The monoisotopic (exact) mass is 500 g/mol. The van der Waals surface area contributed by atoms with E-state index in [2.05, 4.69) is 11.7 Å². The van der Waals surface area contributed by atoms with Gasteiger partial charge >= 0.3 is 18.4 Å². The SMILES string of the molecule is CCCC1CCC(C2CCC(C(=O)Oc3cc(F)c(C(F)(F)OC(F)(F)F)c(F)c3)CC2)OC1. The summed E-state index contributed by atoms with van der Waals surface area (Å²) in [5, 5.41) is 0. The number of carbonyl (C=O) groups is 1. The number of ether oxygens (including phenoxy) is 3. The molecule has 1 aromatic rings. The highest BCUT2D eigenvalue weighted by Crippen LogP contribution is 2.41. The molecule has 11 heteroatoms. The highest BCUT2D eigenvalue weighted by Gasteiger charge is 2.49. The van der Waals surface area contributed by atoms with Gasteiger partial charge in [0, 0.05) is 18.7 Å². The third-order valence-electron chi connectivity index (χ3n) is 6.50. The minimum absolute atomic E-state index is 0.140. The fourth-order valence-electron chi connectivity index (χ4n) is 4.84. The van der Waals surface area contributed by atoms with Gasteiger partial charge in [-0.15, -0.1) is 13.2 Å². The fourth-order valence-corrected chi connectivity index (χ4v) is 4.84. The summed E-state index contributed by atoms with van der Waals surface area (Å²) in [7, 11) is 0. The van der Waals surface area contributed by atoms with Crippen molar-refractivity contribution in [3.05, 3.63) is 29.3 Å². The van der Waals surface area contributed by atoms with E-state index in [4.69, 9.17) is 9.47 Å². The topological polar surface area (TPSA) is 44.8 Å². The standard InChI is InChI=1S/C23H27F7O4/c1-2-3-13-4-9-19(32-12-13)14-5-7-15(8-6-14)21(31)33-16-10-17(24)20(18(25)11-16)22(26,27)34-23(28,29)30/h10-11,13-15,19H,2-9,12H2,1H3. The Kier molecular flexibility index (Phi) is 8.49. The summed E-state index contributed by atoms with van der Waals surface area (Å²) in [6, 6.07) is 0.469. The summed E-state index contributed by atoms with van der Waals surface area (Å²) < 4.78 is 105. The molecule has 1 saturated heterocycles. The molecule has 1 saturated carbocycles. The van der Waals surface area contributed by atoms with Crippen LogP contribution in [0.2, 0.25) is 0 Å². The second kappa shape index (κ2) is 10.8. The van der Waals surface area contributed by atoms with Crippen molar-refractivity contribution in [1.29, 1.82) is 0 Å². The lowest BCUT2D eigenvalue weighted by molar-refractivity contribution is -0.432. The third-order valence-corrected chi connectivity index (χ3v) is 6.50. The van der Waals surface area contributed by atoms with Crippen molar-refractivity contribution in [2.75, 3.05) is 6.61 Å². The molecular formula is C23H27F7O4. The van der Waals surface area contributed by atoms with E-state index in [1.807, 2.05) is 0 Å². The van der Waals surface area contributed by atoms with Crippen LogP contribution in [0.25, 0.3) is 0 Å². The molecule has 2 atom stereocenters. The van der Waals surface area contributed by atoms with Crippen molar-refractivity contribution in [2.24, 2.45) is 17.8 Å². The average molecular weight is 500 g/mol. The third kappa shape index (κ3) is 6.84. The quantitative estimate of drug-likeness (QED) is 0.233. The Morgan fingerprint density at radius 1 is 1.00 bits per heavy atom. The molecule has 0 bridgehead atoms. The number of halogens is 7. The van der Waals surface area contributed by atoms with Crippen LogP contribution in [0.15, 0.2) is 12.1 Å². The molecule has 1 aliphatic carbocycles. The predicted molar refractivity (Wildman–Crippen MR) is 106 cm³/mol. The van der Waals surface area contributed by atoms with Crippen molar-refractivity contribution >= 4 is 5.97 Å². The van der Waals surface area contributed by atoms with Crippen LogP contribution in [0.3, 0.4) is 0 Å². The minimum atomic E-state index is -5.83. The molecule has 192 valence electrons. The van der Waals surface area contributed by atoms with E-state index in [9.17, 15) is 35.5 Å². The minimum Gasteiger partial charge on any atom is -0.426 e. The van der Waals surface area contributed by atoms with Crippen LogP contribution in [0.4, 0.5) is 30.7 Å². The number of carbonyl (C=O) groups excluding carboxylic acids is 1. The Bertz CT molecular complexity index is 819. The summed E-state index contributed by atoms with van der Waals surface area (Å²) in [4.78, 5) is 12.4. The molecule has 0 N–H and O–H groups in total. The van der Waals surface area contributed by atoms with Gasteiger partial charge in [-0.05, 0) is 56.8 Å². The maximum Gasteiger partial charge on any atom is 0.527 e. The zero-order chi connectivity index (χ0) is 25.1. The van der Waals surface area contributed by atoms with Gasteiger partial charge in [-0.1, -0.05) is 13.3 Å². The van der Waals surface area contributed by atoms with Gasteiger partial charge in [0.1, 0.15) is 22.9 Å². The van der Waals surface area contributed by atoms with Gasteiger partial charge in [-0.25, -0.2) is 13.5 Å². The number of benzene rings is 1. The van der Waals surface area contributed by atoms with Crippen LogP contribution in [0.1, 0.15) is 63.9 Å². The summed E-state index contributed by atoms with van der Waals surface area (Å²) >= 11 is 0. The zero-order valence-electron chi connectivity index (χ0n) is 18.6. The van der Waals surface area contributed by atoms with E-state index >= 15 is 0 Å². The number of hydrogen-bond donors (Lipinski definition) is 0. The Morgan fingerprint density at radius 3 is 2.12 bits per heavy atom. The van der Waals surface area contributed by atoms with Gasteiger partial charge in [-0.3, -0.25) is 4.79 Å². The first kappa shape index (κ1) is 26.7. The number of rotatable bonds is 7. The van der Waals surface area contributed by atoms with Gasteiger partial charge in [0.2, 0.25) is 0 Å². The van der Waals surface area contributed by atoms with Gasteiger partial charge in [0.25, 0.3) is 0 Å². The molecule has 0 spiro atoms. The molecule has 4 nitrogen and oxygen atoms in total. The zero-order valence-corrected chi connectivity index (χ0v) is 18.6. The molecule has 3 rings (SSSR count). The summed E-state index contributed by atoms with van der Waals surface area (Å²) in [6.07, 6.45) is -4.27. The molecule has 1 heterocycles. The van der Waals surface area contributed by atoms with E-state index in [-0.39, 0.29) is 18.2 Å². The molecule has 0 aromatic heterocycles. The Labute approximate surface area is 192 Å². The van der Waals surface area contributed by atoms with E-state index in [0.717, 1.165) is 32.3 Å². The van der Waals surface area contributed by atoms with Gasteiger partial charge in [0.15, 0.2) is 0 Å². The molecule has 1 aromatic carbocycles. The number of alkyl halides is 5. The first-order valence-electron chi connectivity index (χ1n) is 11.4. The number of esters is 1.